The van der Waals surface area contributed by atoms with E-state index in [-0.39, 0.29) is 24.4 Å². The van der Waals surface area contributed by atoms with Crippen molar-refractivity contribution < 1.29 is 23.4 Å². The number of nitrogens with zero attached hydrogens (tertiary/aromatic N) is 1. The first-order valence-corrected chi connectivity index (χ1v) is 10.9. The van der Waals surface area contributed by atoms with Crippen LogP contribution in [-0.4, -0.2) is 38.2 Å². The van der Waals surface area contributed by atoms with Gasteiger partial charge in [-0.1, -0.05) is 6.07 Å². The first-order valence-electron chi connectivity index (χ1n) is 10.9. The lowest BCUT2D eigenvalue weighted by atomic mass is 9.91. The highest BCUT2D eigenvalue weighted by Gasteiger charge is 2.33. The van der Waals surface area contributed by atoms with Gasteiger partial charge in [-0.25, -0.2) is 4.39 Å². The van der Waals surface area contributed by atoms with Gasteiger partial charge in [0.05, 0.1) is 20.3 Å². The smallest absolute Gasteiger partial charge is 0.254 e. The first kappa shape index (κ1) is 22.6. The second-order valence-electron chi connectivity index (χ2n) is 8.23. The molecule has 1 aliphatic rings. The van der Waals surface area contributed by atoms with Gasteiger partial charge in [0.25, 0.3) is 5.91 Å². The number of benzene rings is 3. The minimum Gasteiger partial charge on any atom is -0.493 e. The molecule has 0 fully saturated rings. The van der Waals surface area contributed by atoms with Crippen molar-refractivity contribution in [3.8, 4) is 17.2 Å². The van der Waals surface area contributed by atoms with Crippen molar-refractivity contribution in [2.24, 2.45) is 0 Å². The van der Waals surface area contributed by atoms with Crippen LogP contribution < -0.4 is 14.2 Å². The fourth-order valence-corrected chi connectivity index (χ4v) is 4.20. The van der Waals surface area contributed by atoms with E-state index < -0.39 is 0 Å². The van der Waals surface area contributed by atoms with E-state index in [4.69, 9.17) is 14.2 Å². The van der Waals surface area contributed by atoms with Gasteiger partial charge >= 0.3 is 0 Å². The Morgan fingerprint density at radius 2 is 1.67 bits per heavy atom. The minimum absolute atomic E-state index is 0.0498. The number of rotatable bonds is 6. The highest BCUT2D eigenvalue weighted by atomic mass is 19.1. The van der Waals surface area contributed by atoms with Crippen LogP contribution >= 0.6 is 0 Å². The van der Waals surface area contributed by atoms with Crippen LogP contribution in [0.2, 0.25) is 0 Å². The van der Waals surface area contributed by atoms with E-state index >= 15 is 0 Å². The van der Waals surface area contributed by atoms with Crippen molar-refractivity contribution in [1.82, 2.24) is 4.90 Å². The molecule has 3 aromatic carbocycles. The van der Waals surface area contributed by atoms with Crippen LogP contribution in [0.5, 0.6) is 17.2 Å². The summed E-state index contributed by atoms with van der Waals surface area (Å²) in [5, 5.41) is 0. The third kappa shape index (κ3) is 4.65. The van der Waals surface area contributed by atoms with Crippen molar-refractivity contribution in [2.45, 2.75) is 26.3 Å². The maximum atomic E-state index is 13.6. The SMILES string of the molecule is COc1cc2c(cc1OC)[C@@H](COc1ccc(F)cc1)N(C(=O)c1ccc(C)c(C)c1)CC2. The molecule has 1 aliphatic heterocycles. The summed E-state index contributed by atoms with van der Waals surface area (Å²) in [5.74, 6) is 1.43. The summed E-state index contributed by atoms with van der Waals surface area (Å²) >= 11 is 0. The van der Waals surface area contributed by atoms with Gasteiger partial charge in [0.15, 0.2) is 11.5 Å². The Balaban J connectivity index is 1.71. The number of fused-ring (bicyclic) bond motifs is 1. The Morgan fingerprint density at radius 1 is 0.970 bits per heavy atom. The van der Waals surface area contributed by atoms with E-state index in [1.807, 2.05) is 49.1 Å². The lowest BCUT2D eigenvalue weighted by Gasteiger charge is -2.37. The van der Waals surface area contributed by atoms with E-state index in [0.29, 0.717) is 35.8 Å². The number of halogens is 1. The van der Waals surface area contributed by atoms with E-state index in [0.717, 1.165) is 22.3 Å². The number of methoxy groups -OCH3 is 2. The molecule has 3 aromatic rings. The van der Waals surface area contributed by atoms with Gasteiger partial charge in [0.2, 0.25) is 0 Å². The second kappa shape index (κ2) is 9.53. The average Bonchev–Trinajstić information content (AvgIpc) is 2.83. The molecule has 4 rings (SSSR count). The largest absolute Gasteiger partial charge is 0.493 e. The van der Waals surface area contributed by atoms with E-state index in [2.05, 4.69) is 0 Å². The Morgan fingerprint density at radius 3 is 2.33 bits per heavy atom. The Hall–Kier alpha value is -3.54. The fraction of sp³-hybridized carbons (Fsp3) is 0.296. The first-order chi connectivity index (χ1) is 15.9. The monoisotopic (exact) mass is 449 g/mol. The van der Waals surface area contributed by atoms with Gasteiger partial charge in [0.1, 0.15) is 18.2 Å². The number of hydrogen-bond acceptors (Lipinski definition) is 4. The zero-order valence-electron chi connectivity index (χ0n) is 19.4. The van der Waals surface area contributed by atoms with E-state index in [1.165, 1.54) is 12.1 Å². The second-order valence-corrected chi connectivity index (χ2v) is 8.23. The summed E-state index contributed by atoms with van der Waals surface area (Å²) in [4.78, 5) is 15.4. The number of carbonyl (C=O) groups is 1. The van der Waals surface area contributed by atoms with Crippen LogP contribution in [0, 0.1) is 19.7 Å². The fourth-order valence-electron chi connectivity index (χ4n) is 4.20. The molecule has 0 saturated heterocycles. The molecule has 0 unspecified atom stereocenters. The highest BCUT2D eigenvalue weighted by molar-refractivity contribution is 5.95. The topological polar surface area (TPSA) is 48.0 Å². The standard InChI is InChI=1S/C27H28FNO4/c1-17-5-6-20(13-18(17)2)27(30)29-12-11-19-14-25(31-3)26(32-4)15-23(19)24(29)16-33-22-9-7-21(28)8-10-22/h5-10,13-15,24H,11-12,16H2,1-4H3/t24-/m1/s1. The van der Waals surface area contributed by atoms with Crippen molar-refractivity contribution in [3.05, 3.63) is 88.2 Å². The number of aryl methyl sites for hydroxylation is 2. The van der Waals surface area contributed by atoms with Crippen LogP contribution in [0.3, 0.4) is 0 Å². The molecular weight excluding hydrogens is 421 g/mol. The molecule has 6 heteroatoms. The average molecular weight is 450 g/mol. The summed E-state index contributed by atoms with van der Waals surface area (Å²) in [6.45, 7) is 4.81. The van der Waals surface area contributed by atoms with Crippen LogP contribution in [0.1, 0.15) is 38.7 Å². The molecule has 0 N–H and O–H groups in total. The molecule has 1 atom stereocenters. The molecular formula is C27H28FNO4. The van der Waals surface area contributed by atoms with Gasteiger partial charge in [-0.05, 0) is 91.1 Å². The maximum absolute atomic E-state index is 13.6. The van der Waals surface area contributed by atoms with Crippen LogP contribution in [0.15, 0.2) is 54.6 Å². The van der Waals surface area contributed by atoms with Gasteiger partial charge in [0, 0.05) is 12.1 Å². The third-order valence-electron chi connectivity index (χ3n) is 6.24. The molecule has 0 bridgehead atoms. The van der Waals surface area contributed by atoms with E-state index in [1.54, 1.807) is 26.4 Å². The molecule has 5 nitrogen and oxygen atoms in total. The molecule has 0 spiro atoms. The predicted molar refractivity (Wildman–Crippen MR) is 125 cm³/mol. The molecule has 0 aliphatic carbocycles. The molecule has 172 valence electrons. The summed E-state index contributed by atoms with van der Waals surface area (Å²) < 4.78 is 30.3. The summed E-state index contributed by atoms with van der Waals surface area (Å²) in [7, 11) is 3.20. The molecule has 1 heterocycles. The molecule has 0 radical (unpaired) electrons. The quantitative estimate of drug-likeness (QED) is 0.514. The zero-order chi connectivity index (χ0) is 23.5. The predicted octanol–water partition coefficient (Wildman–Crippen LogP) is 5.28. The number of carbonyl (C=O) groups excluding carboxylic acids is 1. The van der Waals surface area contributed by atoms with Crippen molar-refractivity contribution in [2.75, 3.05) is 27.4 Å². The van der Waals surface area contributed by atoms with E-state index in [9.17, 15) is 9.18 Å². The minimum atomic E-state index is -0.340. The molecule has 1 amide bonds. The van der Waals surface area contributed by atoms with Gasteiger partial charge in [-0.2, -0.15) is 0 Å². The summed E-state index contributed by atoms with van der Waals surface area (Å²) in [6, 6.07) is 15.2. The summed E-state index contributed by atoms with van der Waals surface area (Å²) in [5.41, 5.74) is 4.91. The molecule has 33 heavy (non-hydrogen) atoms. The van der Waals surface area contributed by atoms with Gasteiger partial charge in [-0.15, -0.1) is 0 Å². The van der Waals surface area contributed by atoms with Crippen molar-refractivity contribution >= 4 is 5.91 Å². The van der Waals surface area contributed by atoms with Crippen LogP contribution in [-0.2, 0) is 6.42 Å². The third-order valence-corrected chi connectivity index (χ3v) is 6.24. The lowest BCUT2D eigenvalue weighted by Crippen LogP contribution is -2.42. The highest BCUT2D eigenvalue weighted by Crippen LogP contribution is 2.39. The van der Waals surface area contributed by atoms with Crippen molar-refractivity contribution in [3.63, 3.8) is 0 Å². The van der Waals surface area contributed by atoms with Crippen LogP contribution in [0.4, 0.5) is 4.39 Å². The van der Waals surface area contributed by atoms with Crippen molar-refractivity contribution in [1.29, 1.82) is 0 Å². The summed E-state index contributed by atoms with van der Waals surface area (Å²) in [6.07, 6.45) is 0.694. The Kier molecular flexibility index (Phi) is 6.54. The van der Waals surface area contributed by atoms with Gasteiger partial charge in [-0.3, -0.25) is 4.79 Å². The maximum Gasteiger partial charge on any atom is 0.254 e. The van der Waals surface area contributed by atoms with Crippen LogP contribution in [0.25, 0.3) is 0 Å². The van der Waals surface area contributed by atoms with Gasteiger partial charge < -0.3 is 19.1 Å². The molecule has 0 aromatic heterocycles. The number of amides is 1. The Labute approximate surface area is 193 Å². The Bertz CT molecular complexity index is 1160. The normalized spacial score (nSPS) is 15.1. The number of ether oxygens (including phenoxy) is 3. The number of hydrogen-bond donors (Lipinski definition) is 0. The molecule has 0 saturated carbocycles. The zero-order valence-corrected chi connectivity index (χ0v) is 19.4. The lowest BCUT2D eigenvalue weighted by molar-refractivity contribution is 0.0589.